The van der Waals surface area contributed by atoms with Gasteiger partial charge in [-0.15, -0.1) is 6.58 Å². The molecule has 0 saturated heterocycles. The fourth-order valence-corrected chi connectivity index (χ4v) is 1.17. The van der Waals surface area contributed by atoms with Gasteiger partial charge in [-0.1, -0.05) is 19.9 Å². The molecule has 2 heteroatoms. The topological polar surface area (TPSA) is 15.3 Å². The summed E-state index contributed by atoms with van der Waals surface area (Å²) >= 11 is 0. The molecule has 12 heavy (non-hydrogen) atoms. The van der Waals surface area contributed by atoms with Crippen molar-refractivity contribution >= 4 is 0 Å². The molecule has 0 aromatic carbocycles. The molecule has 0 atom stereocenters. The predicted octanol–water partition coefficient (Wildman–Crippen LogP) is 1.49. The Morgan fingerprint density at radius 3 is 2.50 bits per heavy atom. The summed E-state index contributed by atoms with van der Waals surface area (Å²) in [5, 5.41) is 3.29. The Bertz CT molecular complexity index is 98.0. The highest BCUT2D eigenvalue weighted by Gasteiger charge is 1.96. The molecule has 0 aromatic heterocycles. The first-order valence-corrected chi connectivity index (χ1v) is 4.89. The lowest BCUT2D eigenvalue weighted by atomic mass is 10.3. The van der Waals surface area contributed by atoms with Crippen LogP contribution in [0.15, 0.2) is 12.7 Å². The summed E-state index contributed by atoms with van der Waals surface area (Å²) in [6.45, 7) is 13.6. The van der Waals surface area contributed by atoms with E-state index in [-0.39, 0.29) is 0 Å². The highest BCUT2D eigenvalue weighted by atomic mass is 15.1. The van der Waals surface area contributed by atoms with Crippen LogP contribution in [0.2, 0.25) is 0 Å². The zero-order valence-electron chi connectivity index (χ0n) is 8.47. The third-order valence-electron chi connectivity index (χ3n) is 2.01. The van der Waals surface area contributed by atoms with E-state index in [4.69, 9.17) is 0 Å². The second kappa shape index (κ2) is 8.75. The van der Waals surface area contributed by atoms with Crippen LogP contribution in [0.5, 0.6) is 0 Å². The van der Waals surface area contributed by atoms with Gasteiger partial charge in [0.2, 0.25) is 0 Å². The molecule has 0 amide bonds. The largest absolute Gasteiger partial charge is 0.313 e. The minimum atomic E-state index is 0.929. The smallest absolute Gasteiger partial charge is 0.0132 e. The van der Waals surface area contributed by atoms with E-state index in [2.05, 4.69) is 30.6 Å². The maximum Gasteiger partial charge on any atom is 0.0132 e. The number of nitrogens with one attached hydrogen (secondary N) is 1. The first-order chi connectivity index (χ1) is 5.85. The lowest BCUT2D eigenvalue weighted by Gasteiger charge is -2.17. The van der Waals surface area contributed by atoms with Crippen molar-refractivity contribution in [2.75, 3.05) is 32.7 Å². The van der Waals surface area contributed by atoms with Crippen LogP contribution in [0.25, 0.3) is 0 Å². The van der Waals surface area contributed by atoms with Gasteiger partial charge < -0.3 is 10.2 Å². The molecule has 0 unspecified atom stereocenters. The Labute approximate surface area is 76.6 Å². The van der Waals surface area contributed by atoms with E-state index in [1.165, 1.54) is 13.0 Å². The van der Waals surface area contributed by atoms with Crippen molar-refractivity contribution in [1.29, 1.82) is 0 Å². The molecule has 0 bridgehead atoms. The van der Waals surface area contributed by atoms with E-state index < -0.39 is 0 Å². The molecule has 72 valence electrons. The molecule has 2 nitrogen and oxygen atoms in total. The van der Waals surface area contributed by atoms with Gasteiger partial charge in [0.05, 0.1) is 0 Å². The van der Waals surface area contributed by atoms with Gasteiger partial charge in [-0.2, -0.15) is 0 Å². The number of rotatable bonds is 8. The Balaban J connectivity index is 3.11. The van der Waals surface area contributed by atoms with E-state index in [1.54, 1.807) is 0 Å². The fraction of sp³-hybridized carbons (Fsp3) is 0.800. The quantitative estimate of drug-likeness (QED) is 0.438. The Morgan fingerprint density at radius 2 is 2.00 bits per heavy atom. The van der Waals surface area contributed by atoms with E-state index >= 15 is 0 Å². The highest BCUT2D eigenvalue weighted by molar-refractivity contribution is 4.69. The summed E-state index contributed by atoms with van der Waals surface area (Å²) in [5.74, 6) is 0. The summed E-state index contributed by atoms with van der Waals surface area (Å²) in [4.78, 5) is 2.44. The average molecular weight is 170 g/mol. The van der Waals surface area contributed by atoms with Crippen LogP contribution in [-0.2, 0) is 0 Å². The van der Waals surface area contributed by atoms with Crippen molar-refractivity contribution in [1.82, 2.24) is 10.2 Å². The van der Waals surface area contributed by atoms with Crippen molar-refractivity contribution in [3.63, 3.8) is 0 Å². The predicted molar refractivity (Wildman–Crippen MR) is 55.5 cm³/mol. The maximum absolute atomic E-state index is 3.65. The molecule has 0 saturated carbocycles. The Kier molecular flexibility index (Phi) is 8.51. The number of hydrogen-bond acceptors (Lipinski definition) is 2. The summed E-state index contributed by atoms with van der Waals surface area (Å²) < 4.78 is 0. The molecule has 0 aliphatic heterocycles. The standard InChI is InChI=1S/C10H22N2/c1-4-8-11-9-7-10-12(5-2)6-3/h4,11H,1,5-10H2,2-3H3. The summed E-state index contributed by atoms with van der Waals surface area (Å²) in [6.07, 6.45) is 3.13. The van der Waals surface area contributed by atoms with Gasteiger partial charge >= 0.3 is 0 Å². The van der Waals surface area contributed by atoms with Crippen molar-refractivity contribution in [2.24, 2.45) is 0 Å². The third kappa shape index (κ3) is 6.38. The van der Waals surface area contributed by atoms with Crippen molar-refractivity contribution in [2.45, 2.75) is 20.3 Å². The van der Waals surface area contributed by atoms with Crippen LogP contribution in [0.1, 0.15) is 20.3 Å². The van der Waals surface area contributed by atoms with E-state index in [0.717, 1.165) is 26.2 Å². The summed E-state index contributed by atoms with van der Waals surface area (Å²) in [6, 6.07) is 0. The monoisotopic (exact) mass is 170 g/mol. The van der Waals surface area contributed by atoms with Gasteiger partial charge in [-0.05, 0) is 32.6 Å². The maximum atomic E-state index is 3.65. The van der Waals surface area contributed by atoms with Crippen LogP contribution in [0.4, 0.5) is 0 Å². The first kappa shape index (κ1) is 11.7. The van der Waals surface area contributed by atoms with Crippen molar-refractivity contribution in [3.05, 3.63) is 12.7 Å². The Hall–Kier alpha value is -0.340. The van der Waals surface area contributed by atoms with Crippen LogP contribution in [0, 0.1) is 0 Å². The lowest BCUT2D eigenvalue weighted by molar-refractivity contribution is 0.298. The summed E-state index contributed by atoms with van der Waals surface area (Å²) in [5.41, 5.74) is 0. The van der Waals surface area contributed by atoms with Crippen molar-refractivity contribution in [3.8, 4) is 0 Å². The van der Waals surface area contributed by atoms with Crippen molar-refractivity contribution < 1.29 is 0 Å². The van der Waals surface area contributed by atoms with Gasteiger partial charge in [-0.3, -0.25) is 0 Å². The molecule has 0 aliphatic carbocycles. The number of hydrogen-bond donors (Lipinski definition) is 1. The minimum Gasteiger partial charge on any atom is -0.313 e. The second-order valence-electron chi connectivity index (χ2n) is 2.87. The molecule has 0 radical (unpaired) electrons. The van der Waals surface area contributed by atoms with E-state index in [0.29, 0.717) is 0 Å². The van der Waals surface area contributed by atoms with Crippen LogP contribution in [0.3, 0.4) is 0 Å². The Morgan fingerprint density at radius 1 is 1.33 bits per heavy atom. The highest BCUT2D eigenvalue weighted by Crippen LogP contribution is 1.88. The van der Waals surface area contributed by atoms with Crippen LogP contribution >= 0.6 is 0 Å². The van der Waals surface area contributed by atoms with Gasteiger partial charge in [0.1, 0.15) is 0 Å². The number of nitrogens with zero attached hydrogens (tertiary/aromatic N) is 1. The zero-order valence-corrected chi connectivity index (χ0v) is 8.47. The third-order valence-corrected chi connectivity index (χ3v) is 2.01. The lowest BCUT2D eigenvalue weighted by Crippen LogP contribution is -2.27. The normalized spacial score (nSPS) is 10.6. The first-order valence-electron chi connectivity index (χ1n) is 4.89. The molecule has 0 fully saturated rings. The molecule has 0 spiro atoms. The van der Waals surface area contributed by atoms with Gasteiger partial charge in [-0.25, -0.2) is 0 Å². The molecule has 0 aromatic rings. The molecule has 0 aliphatic rings. The molecule has 0 heterocycles. The summed E-state index contributed by atoms with van der Waals surface area (Å²) in [7, 11) is 0. The van der Waals surface area contributed by atoms with Crippen LogP contribution in [-0.4, -0.2) is 37.6 Å². The van der Waals surface area contributed by atoms with E-state index in [1.807, 2.05) is 6.08 Å². The van der Waals surface area contributed by atoms with Gasteiger partial charge in [0.15, 0.2) is 0 Å². The van der Waals surface area contributed by atoms with Crippen LogP contribution < -0.4 is 5.32 Å². The minimum absolute atomic E-state index is 0.929. The fourth-order valence-electron chi connectivity index (χ4n) is 1.17. The van der Waals surface area contributed by atoms with Gasteiger partial charge in [0, 0.05) is 6.54 Å². The zero-order chi connectivity index (χ0) is 9.23. The molecule has 1 N–H and O–H groups in total. The average Bonchev–Trinajstić information content (AvgIpc) is 2.11. The molecule has 0 rings (SSSR count). The molecular formula is C10H22N2. The second-order valence-corrected chi connectivity index (χ2v) is 2.87. The van der Waals surface area contributed by atoms with E-state index in [9.17, 15) is 0 Å². The SMILES string of the molecule is C=CCNCCCN(CC)CC. The molecular weight excluding hydrogens is 148 g/mol. The van der Waals surface area contributed by atoms with Gasteiger partial charge in [0.25, 0.3) is 0 Å².